The maximum absolute atomic E-state index is 12.3. The summed E-state index contributed by atoms with van der Waals surface area (Å²) in [5.74, 6) is -0.0754. The van der Waals surface area contributed by atoms with Crippen molar-refractivity contribution < 1.29 is 9.59 Å². The SMILES string of the molecule is O=C1CC(c2ccccc2)SC(=O)N1CCc1ccccc1. The van der Waals surface area contributed by atoms with Gasteiger partial charge in [-0.25, -0.2) is 0 Å². The van der Waals surface area contributed by atoms with Gasteiger partial charge in [-0.05, 0) is 17.5 Å². The van der Waals surface area contributed by atoms with Gasteiger partial charge in [0, 0.05) is 18.2 Å². The van der Waals surface area contributed by atoms with E-state index in [-0.39, 0.29) is 16.4 Å². The third-order valence-electron chi connectivity index (χ3n) is 3.76. The Labute approximate surface area is 134 Å². The molecule has 0 saturated carbocycles. The molecule has 112 valence electrons. The molecule has 0 aliphatic carbocycles. The summed E-state index contributed by atoms with van der Waals surface area (Å²) in [4.78, 5) is 26.0. The van der Waals surface area contributed by atoms with E-state index in [2.05, 4.69) is 0 Å². The van der Waals surface area contributed by atoms with Crippen molar-refractivity contribution in [1.82, 2.24) is 4.90 Å². The highest BCUT2D eigenvalue weighted by molar-refractivity contribution is 8.13. The van der Waals surface area contributed by atoms with E-state index in [1.54, 1.807) is 0 Å². The highest BCUT2D eigenvalue weighted by atomic mass is 32.2. The maximum Gasteiger partial charge on any atom is 0.288 e. The highest BCUT2D eigenvalue weighted by Gasteiger charge is 2.33. The van der Waals surface area contributed by atoms with Crippen LogP contribution in [0.2, 0.25) is 0 Å². The van der Waals surface area contributed by atoms with Crippen molar-refractivity contribution in [3.05, 3.63) is 71.8 Å². The minimum Gasteiger partial charge on any atom is -0.274 e. The lowest BCUT2D eigenvalue weighted by Gasteiger charge is -2.29. The second-order valence-electron chi connectivity index (χ2n) is 5.27. The number of thioether (sulfide) groups is 1. The first-order valence-corrected chi connectivity index (χ1v) is 8.22. The number of hydrogen-bond acceptors (Lipinski definition) is 3. The zero-order chi connectivity index (χ0) is 15.4. The van der Waals surface area contributed by atoms with Crippen LogP contribution in [0, 0.1) is 0 Å². The van der Waals surface area contributed by atoms with Crippen LogP contribution >= 0.6 is 11.8 Å². The third kappa shape index (κ3) is 3.39. The van der Waals surface area contributed by atoms with Crippen molar-refractivity contribution in [3.8, 4) is 0 Å². The predicted molar refractivity (Wildman–Crippen MR) is 88.6 cm³/mol. The standard InChI is InChI=1S/C18H17NO2S/c20-17-13-16(15-9-5-2-6-10-15)22-18(21)19(17)12-11-14-7-3-1-4-8-14/h1-10,16H,11-13H2. The molecule has 3 rings (SSSR count). The Bertz CT molecular complexity index is 639. The van der Waals surface area contributed by atoms with E-state index in [1.165, 1.54) is 16.7 Å². The smallest absolute Gasteiger partial charge is 0.274 e. The van der Waals surface area contributed by atoms with Crippen LogP contribution in [-0.4, -0.2) is 22.6 Å². The Hall–Kier alpha value is -2.07. The van der Waals surface area contributed by atoms with Crippen LogP contribution in [0.15, 0.2) is 60.7 Å². The van der Waals surface area contributed by atoms with E-state index >= 15 is 0 Å². The Kier molecular flexibility index (Phi) is 4.59. The number of amides is 2. The van der Waals surface area contributed by atoms with Crippen molar-refractivity contribution >= 4 is 22.9 Å². The van der Waals surface area contributed by atoms with E-state index in [0.717, 1.165) is 11.1 Å². The molecule has 1 aliphatic rings. The molecule has 1 aliphatic heterocycles. The van der Waals surface area contributed by atoms with Crippen LogP contribution in [-0.2, 0) is 11.2 Å². The van der Waals surface area contributed by atoms with Gasteiger partial charge in [0.05, 0.1) is 0 Å². The molecule has 0 N–H and O–H groups in total. The van der Waals surface area contributed by atoms with E-state index in [0.29, 0.717) is 19.4 Å². The van der Waals surface area contributed by atoms with Crippen molar-refractivity contribution in [1.29, 1.82) is 0 Å². The summed E-state index contributed by atoms with van der Waals surface area (Å²) < 4.78 is 0. The average Bonchev–Trinajstić information content (AvgIpc) is 2.56. The van der Waals surface area contributed by atoms with Crippen LogP contribution in [0.5, 0.6) is 0 Å². The normalized spacial score (nSPS) is 18.5. The minimum atomic E-state index is -0.138. The van der Waals surface area contributed by atoms with Crippen LogP contribution in [0.1, 0.15) is 22.8 Å². The summed E-state index contributed by atoms with van der Waals surface area (Å²) in [7, 11) is 0. The molecule has 0 aromatic heterocycles. The highest BCUT2D eigenvalue weighted by Crippen LogP contribution is 2.38. The van der Waals surface area contributed by atoms with Crippen molar-refractivity contribution in [3.63, 3.8) is 0 Å². The zero-order valence-corrected chi connectivity index (χ0v) is 13.0. The molecule has 1 saturated heterocycles. The number of carbonyl (C=O) groups excluding carboxylic acids is 2. The lowest BCUT2D eigenvalue weighted by molar-refractivity contribution is -0.128. The molecule has 2 aromatic rings. The Balaban J connectivity index is 1.64. The molecule has 1 atom stereocenters. The van der Waals surface area contributed by atoms with Gasteiger partial charge in [-0.3, -0.25) is 14.5 Å². The van der Waals surface area contributed by atoms with Gasteiger partial charge in [-0.2, -0.15) is 0 Å². The molecule has 0 radical (unpaired) electrons. The van der Waals surface area contributed by atoms with Gasteiger partial charge in [-0.1, -0.05) is 72.4 Å². The van der Waals surface area contributed by atoms with E-state index in [1.807, 2.05) is 60.7 Å². The lowest BCUT2D eigenvalue weighted by atomic mass is 10.1. The summed E-state index contributed by atoms with van der Waals surface area (Å²) in [6, 6.07) is 19.7. The summed E-state index contributed by atoms with van der Waals surface area (Å²) >= 11 is 1.25. The van der Waals surface area contributed by atoms with Gasteiger partial charge < -0.3 is 0 Å². The lowest BCUT2D eigenvalue weighted by Crippen LogP contribution is -2.40. The first kappa shape index (κ1) is 14.9. The first-order valence-electron chi connectivity index (χ1n) is 7.34. The van der Waals surface area contributed by atoms with Crippen molar-refractivity contribution in [2.45, 2.75) is 18.1 Å². The number of imide groups is 1. The van der Waals surface area contributed by atoms with Gasteiger partial charge >= 0.3 is 0 Å². The molecule has 22 heavy (non-hydrogen) atoms. The van der Waals surface area contributed by atoms with Gasteiger partial charge in [0.2, 0.25) is 5.91 Å². The number of carbonyl (C=O) groups is 2. The molecule has 4 heteroatoms. The fraction of sp³-hybridized carbons (Fsp3) is 0.222. The topological polar surface area (TPSA) is 37.4 Å². The molecule has 2 aromatic carbocycles. The number of nitrogens with zero attached hydrogens (tertiary/aromatic N) is 1. The fourth-order valence-electron chi connectivity index (χ4n) is 2.55. The quantitative estimate of drug-likeness (QED) is 0.854. The molecule has 1 unspecified atom stereocenters. The van der Waals surface area contributed by atoms with Crippen LogP contribution in [0.3, 0.4) is 0 Å². The van der Waals surface area contributed by atoms with Gasteiger partial charge in [-0.15, -0.1) is 0 Å². The molecule has 2 amide bonds. The molecule has 0 bridgehead atoms. The molecule has 0 spiro atoms. The van der Waals surface area contributed by atoms with Crippen LogP contribution in [0.4, 0.5) is 4.79 Å². The van der Waals surface area contributed by atoms with Gasteiger partial charge in [0.1, 0.15) is 0 Å². The summed E-state index contributed by atoms with van der Waals surface area (Å²) in [6.45, 7) is 0.455. The second-order valence-corrected chi connectivity index (χ2v) is 6.42. The van der Waals surface area contributed by atoms with E-state index in [9.17, 15) is 9.59 Å². The summed E-state index contributed by atoms with van der Waals surface area (Å²) in [5.41, 5.74) is 2.18. The molecule has 1 heterocycles. The minimum absolute atomic E-state index is 0.0609. The second kappa shape index (κ2) is 6.79. The van der Waals surface area contributed by atoms with Crippen LogP contribution in [0.25, 0.3) is 0 Å². The van der Waals surface area contributed by atoms with E-state index in [4.69, 9.17) is 0 Å². The summed E-state index contributed by atoms with van der Waals surface area (Å²) in [5, 5.41) is -0.199. The van der Waals surface area contributed by atoms with E-state index < -0.39 is 0 Å². The number of benzene rings is 2. The third-order valence-corrected chi connectivity index (χ3v) is 4.91. The monoisotopic (exact) mass is 311 g/mol. The predicted octanol–water partition coefficient (Wildman–Crippen LogP) is 4.06. The Morgan fingerprint density at radius 3 is 2.23 bits per heavy atom. The summed E-state index contributed by atoms with van der Waals surface area (Å²) in [6.07, 6.45) is 1.09. The number of rotatable bonds is 4. The number of hydrogen-bond donors (Lipinski definition) is 0. The first-order chi connectivity index (χ1) is 10.7. The molecular weight excluding hydrogens is 294 g/mol. The Morgan fingerprint density at radius 2 is 1.59 bits per heavy atom. The van der Waals surface area contributed by atoms with Gasteiger partial charge in [0.25, 0.3) is 5.24 Å². The van der Waals surface area contributed by atoms with Crippen LogP contribution < -0.4 is 0 Å². The average molecular weight is 311 g/mol. The maximum atomic E-state index is 12.3. The van der Waals surface area contributed by atoms with Crippen molar-refractivity contribution in [2.75, 3.05) is 6.54 Å². The molecule has 1 fully saturated rings. The van der Waals surface area contributed by atoms with Crippen molar-refractivity contribution in [2.24, 2.45) is 0 Å². The largest absolute Gasteiger partial charge is 0.288 e. The van der Waals surface area contributed by atoms with Gasteiger partial charge in [0.15, 0.2) is 0 Å². The fourth-order valence-corrected chi connectivity index (χ4v) is 3.64. The molecular formula is C18H17NO2S. The Morgan fingerprint density at radius 1 is 0.955 bits per heavy atom. The zero-order valence-electron chi connectivity index (χ0n) is 12.1. The molecule has 3 nitrogen and oxygen atoms in total.